The third-order valence-electron chi connectivity index (χ3n) is 3.39. The lowest BCUT2D eigenvalue weighted by atomic mass is 9.90. The van der Waals surface area contributed by atoms with Crippen molar-refractivity contribution in [3.8, 4) is 0 Å². The Morgan fingerprint density at radius 1 is 1.55 bits per heavy atom. The molecule has 0 aromatic carbocycles. The van der Waals surface area contributed by atoms with Crippen LogP contribution in [0.5, 0.6) is 0 Å². The molecule has 2 heterocycles. The van der Waals surface area contributed by atoms with Crippen molar-refractivity contribution >= 4 is 17.5 Å². The van der Waals surface area contributed by atoms with Crippen LogP contribution in [0.3, 0.4) is 0 Å². The molecule has 1 aliphatic heterocycles. The van der Waals surface area contributed by atoms with Crippen LogP contribution in [0.25, 0.3) is 0 Å². The molecule has 2 rings (SSSR count). The summed E-state index contributed by atoms with van der Waals surface area (Å²) in [6, 6.07) is 1.37. The summed E-state index contributed by atoms with van der Waals surface area (Å²) in [6.45, 7) is 2.36. The molecule has 0 bridgehead atoms. The van der Waals surface area contributed by atoms with Crippen LogP contribution in [0.1, 0.15) is 18.4 Å². The molecule has 1 aromatic heterocycles. The number of nitrogens with one attached hydrogen (secondary N) is 1. The third-order valence-corrected chi connectivity index (χ3v) is 3.39. The Labute approximate surface area is 114 Å². The number of carbonyl (C=O) groups is 1. The van der Waals surface area contributed by atoms with Gasteiger partial charge < -0.3 is 15.2 Å². The summed E-state index contributed by atoms with van der Waals surface area (Å²) < 4.78 is 5.18. The van der Waals surface area contributed by atoms with Crippen molar-refractivity contribution in [1.82, 2.24) is 4.98 Å². The smallest absolute Gasteiger partial charge is 0.329 e. The maximum atomic E-state index is 11.5. The topological polar surface area (TPSA) is 115 Å². The van der Waals surface area contributed by atoms with Crippen LogP contribution >= 0.6 is 0 Å². The van der Waals surface area contributed by atoms with Gasteiger partial charge in [-0.05, 0) is 12.5 Å². The Morgan fingerprint density at radius 3 is 2.70 bits per heavy atom. The summed E-state index contributed by atoms with van der Waals surface area (Å²) in [5, 5.41) is 23.0. The number of aromatic nitrogens is 1. The summed E-state index contributed by atoms with van der Waals surface area (Å²) in [5.41, 5.74) is -0.720. The molecule has 1 aromatic rings. The zero-order chi connectivity index (χ0) is 14.8. The van der Waals surface area contributed by atoms with Gasteiger partial charge in [0.25, 0.3) is 5.69 Å². The van der Waals surface area contributed by atoms with E-state index in [1.165, 1.54) is 6.07 Å². The SMILES string of the molecule is Cc1cc([N+](=O)[O-])cnc1NC1(C(=O)O)CCOCC1. The first-order valence-corrected chi connectivity index (χ1v) is 6.15. The summed E-state index contributed by atoms with van der Waals surface area (Å²) in [6.07, 6.45) is 1.76. The van der Waals surface area contributed by atoms with Gasteiger partial charge in [0.15, 0.2) is 0 Å². The number of aliphatic carboxylic acids is 1. The predicted molar refractivity (Wildman–Crippen MR) is 69.7 cm³/mol. The van der Waals surface area contributed by atoms with E-state index < -0.39 is 16.4 Å². The second kappa shape index (κ2) is 5.41. The van der Waals surface area contributed by atoms with Gasteiger partial charge >= 0.3 is 5.97 Å². The Morgan fingerprint density at radius 2 is 2.20 bits per heavy atom. The van der Waals surface area contributed by atoms with Crippen molar-refractivity contribution < 1.29 is 19.6 Å². The van der Waals surface area contributed by atoms with Gasteiger partial charge in [-0.15, -0.1) is 0 Å². The van der Waals surface area contributed by atoms with Crippen molar-refractivity contribution in [2.75, 3.05) is 18.5 Å². The highest BCUT2D eigenvalue weighted by Gasteiger charge is 2.40. The van der Waals surface area contributed by atoms with Gasteiger partial charge in [0, 0.05) is 32.1 Å². The third kappa shape index (κ3) is 2.69. The molecule has 1 aliphatic rings. The van der Waals surface area contributed by atoms with Gasteiger partial charge in [-0.2, -0.15) is 0 Å². The van der Waals surface area contributed by atoms with Crippen molar-refractivity contribution in [2.45, 2.75) is 25.3 Å². The van der Waals surface area contributed by atoms with Crippen LogP contribution in [0.2, 0.25) is 0 Å². The fourth-order valence-corrected chi connectivity index (χ4v) is 2.13. The monoisotopic (exact) mass is 281 g/mol. The molecule has 0 spiro atoms. The number of anilines is 1. The van der Waals surface area contributed by atoms with Crippen molar-refractivity contribution in [3.05, 3.63) is 27.9 Å². The quantitative estimate of drug-likeness (QED) is 0.632. The number of ether oxygens (including phenoxy) is 1. The second-order valence-electron chi connectivity index (χ2n) is 4.74. The van der Waals surface area contributed by atoms with Gasteiger partial charge in [0.1, 0.15) is 17.6 Å². The van der Waals surface area contributed by atoms with E-state index in [1.54, 1.807) is 6.92 Å². The molecule has 1 fully saturated rings. The lowest BCUT2D eigenvalue weighted by Crippen LogP contribution is -2.50. The highest BCUT2D eigenvalue weighted by Crippen LogP contribution is 2.28. The predicted octanol–water partition coefficient (Wildman–Crippen LogP) is 1.34. The summed E-state index contributed by atoms with van der Waals surface area (Å²) in [5.74, 6) is -0.625. The Hall–Kier alpha value is -2.22. The molecule has 8 heteroatoms. The van der Waals surface area contributed by atoms with Crippen LogP contribution in [-0.4, -0.2) is 39.7 Å². The standard InChI is InChI=1S/C12H15N3O5/c1-8-6-9(15(18)19)7-13-10(8)14-12(11(16)17)2-4-20-5-3-12/h6-7H,2-5H2,1H3,(H,13,14)(H,16,17). The summed E-state index contributed by atoms with van der Waals surface area (Å²) in [7, 11) is 0. The Bertz CT molecular complexity index is 540. The van der Waals surface area contributed by atoms with E-state index in [9.17, 15) is 20.0 Å². The number of rotatable bonds is 4. The Kier molecular flexibility index (Phi) is 3.84. The van der Waals surface area contributed by atoms with E-state index in [-0.39, 0.29) is 5.69 Å². The van der Waals surface area contributed by atoms with E-state index >= 15 is 0 Å². The largest absolute Gasteiger partial charge is 0.480 e. The number of hydrogen-bond acceptors (Lipinski definition) is 6. The number of carboxylic acids is 1. The van der Waals surface area contributed by atoms with E-state index in [2.05, 4.69) is 10.3 Å². The number of aryl methyl sites for hydroxylation is 1. The van der Waals surface area contributed by atoms with Crippen LogP contribution in [0.15, 0.2) is 12.3 Å². The van der Waals surface area contributed by atoms with Crippen molar-refractivity contribution in [3.63, 3.8) is 0 Å². The zero-order valence-electron chi connectivity index (χ0n) is 11.0. The molecule has 0 aliphatic carbocycles. The van der Waals surface area contributed by atoms with E-state index in [4.69, 9.17) is 4.74 Å². The van der Waals surface area contributed by atoms with Gasteiger partial charge in [-0.25, -0.2) is 9.78 Å². The van der Waals surface area contributed by atoms with Crippen LogP contribution in [0.4, 0.5) is 11.5 Å². The van der Waals surface area contributed by atoms with Crippen LogP contribution in [0, 0.1) is 17.0 Å². The molecule has 0 atom stereocenters. The minimum Gasteiger partial charge on any atom is -0.480 e. The molecule has 0 radical (unpaired) electrons. The molecule has 0 unspecified atom stereocenters. The highest BCUT2D eigenvalue weighted by molar-refractivity contribution is 5.83. The van der Waals surface area contributed by atoms with Crippen molar-refractivity contribution in [1.29, 1.82) is 0 Å². The van der Waals surface area contributed by atoms with Gasteiger partial charge in [-0.1, -0.05) is 0 Å². The number of nitro groups is 1. The number of pyridine rings is 1. The van der Waals surface area contributed by atoms with Gasteiger partial charge in [-0.3, -0.25) is 10.1 Å². The molecule has 2 N–H and O–H groups in total. The first kappa shape index (κ1) is 14.2. The lowest BCUT2D eigenvalue weighted by Gasteiger charge is -2.34. The van der Waals surface area contributed by atoms with Crippen LogP contribution < -0.4 is 5.32 Å². The average Bonchev–Trinajstić information content (AvgIpc) is 2.41. The van der Waals surface area contributed by atoms with Gasteiger partial charge in [0.2, 0.25) is 0 Å². The molecule has 108 valence electrons. The normalized spacial score (nSPS) is 17.4. The van der Waals surface area contributed by atoms with Gasteiger partial charge in [0.05, 0.1) is 4.92 Å². The molecule has 8 nitrogen and oxygen atoms in total. The molecule has 20 heavy (non-hydrogen) atoms. The van der Waals surface area contributed by atoms with E-state index in [0.29, 0.717) is 37.4 Å². The lowest BCUT2D eigenvalue weighted by molar-refractivity contribution is -0.385. The number of carboxylic acid groups (broad SMARTS) is 1. The van der Waals surface area contributed by atoms with Crippen LogP contribution in [-0.2, 0) is 9.53 Å². The first-order chi connectivity index (χ1) is 9.44. The number of hydrogen-bond donors (Lipinski definition) is 2. The average molecular weight is 281 g/mol. The Balaban J connectivity index is 2.27. The fraction of sp³-hybridized carbons (Fsp3) is 0.500. The number of nitrogens with zero attached hydrogens (tertiary/aromatic N) is 2. The second-order valence-corrected chi connectivity index (χ2v) is 4.74. The zero-order valence-corrected chi connectivity index (χ0v) is 11.0. The molecule has 0 saturated carbocycles. The minimum atomic E-state index is -1.13. The fourth-order valence-electron chi connectivity index (χ4n) is 2.13. The van der Waals surface area contributed by atoms with Crippen molar-refractivity contribution in [2.24, 2.45) is 0 Å². The summed E-state index contributed by atoms with van der Waals surface area (Å²) >= 11 is 0. The molecule has 1 saturated heterocycles. The summed E-state index contributed by atoms with van der Waals surface area (Å²) in [4.78, 5) is 25.6. The first-order valence-electron chi connectivity index (χ1n) is 6.15. The maximum Gasteiger partial charge on any atom is 0.329 e. The molecular weight excluding hydrogens is 266 g/mol. The molecule has 0 amide bonds. The minimum absolute atomic E-state index is 0.121. The van der Waals surface area contributed by atoms with E-state index in [1.807, 2.05) is 0 Å². The maximum absolute atomic E-state index is 11.5. The van der Waals surface area contributed by atoms with E-state index in [0.717, 1.165) is 6.20 Å². The molecular formula is C12H15N3O5. The highest BCUT2D eigenvalue weighted by atomic mass is 16.6.